The summed E-state index contributed by atoms with van der Waals surface area (Å²) in [4.78, 5) is 11.6. The van der Waals surface area contributed by atoms with Crippen LogP contribution < -0.4 is 27.8 Å². The second-order valence-corrected chi connectivity index (χ2v) is 6.56. The highest BCUT2D eigenvalue weighted by atomic mass is 35.5. The molecule has 0 heterocycles. The summed E-state index contributed by atoms with van der Waals surface area (Å²) in [7, 11) is 1.80. The third-order valence-electron chi connectivity index (χ3n) is 4.04. The molecule has 0 saturated heterocycles. The number of hydrogen-bond donors (Lipinski definition) is 5. The molecule has 1 saturated carbocycles. The molecule has 1 aromatic carbocycles. The average molecular weight is 391 g/mol. The fourth-order valence-corrected chi connectivity index (χ4v) is 2.76. The number of amides is 1. The highest BCUT2D eigenvalue weighted by Gasteiger charge is 2.16. The zero-order valence-corrected chi connectivity index (χ0v) is 16.2. The van der Waals surface area contributed by atoms with Crippen LogP contribution in [0.5, 0.6) is 0 Å². The fraction of sp³-hybridized carbons (Fsp3) is 0.368. The molecule has 0 unspecified atom stereocenters. The Morgan fingerprint density at radius 1 is 1.22 bits per heavy atom. The predicted molar refractivity (Wildman–Crippen MR) is 109 cm³/mol. The van der Waals surface area contributed by atoms with Crippen LogP contribution in [0, 0.1) is 11.3 Å². The van der Waals surface area contributed by atoms with E-state index in [0.717, 1.165) is 18.5 Å². The summed E-state index contributed by atoms with van der Waals surface area (Å²) in [6.07, 6.45) is 8.50. The van der Waals surface area contributed by atoms with E-state index in [-0.39, 0.29) is 23.5 Å². The number of carbonyl (C=O) groups excluding carboxylic acids is 1. The van der Waals surface area contributed by atoms with Crippen LogP contribution in [0.3, 0.4) is 0 Å². The van der Waals surface area contributed by atoms with E-state index in [4.69, 9.17) is 34.1 Å². The van der Waals surface area contributed by atoms with Crippen molar-refractivity contribution < 1.29 is 4.79 Å². The summed E-state index contributed by atoms with van der Waals surface area (Å²) in [5.41, 5.74) is 17.6. The number of nitriles is 1. The number of anilines is 1. The predicted octanol–water partition coefficient (Wildman–Crippen LogP) is 2.29. The molecule has 1 aliphatic carbocycles. The molecule has 146 valence electrons. The molecule has 8 heteroatoms. The second kappa shape index (κ2) is 11.7. The van der Waals surface area contributed by atoms with Crippen LogP contribution in [0.15, 0.2) is 41.9 Å². The van der Waals surface area contributed by atoms with Crippen molar-refractivity contribution in [1.82, 2.24) is 5.32 Å². The lowest BCUT2D eigenvalue weighted by atomic mass is 9.95. The van der Waals surface area contributed by atoms with Gasteiger partial charge < -0.3 is 27.8 Å². The lowest BCUT2D eigenvalue weighted by Gasteiger charge is -2.22. The van der Waals surface area contributed by atoms with Crippen molar-refractivity contribution in [3.63, 3.8) is 0 Å². The zero-order chi connectivity index (χ0) is 20.2. The van der Waals surface area contributed by atoms with E-state index < -0.39 is 0 Å². The first-order valence-electron chi connectivity index (χ1n) is 8.74. The summed E-state index contributed by atoms with van der Waals surface area (Å²) in [5.74, 6) is -0.113. The van der Waals surface area contributed by atoms with Crippen LogP contribution in [-0.2, 0) is 4.79 Å². The Balaban J connectivity index is 0.000000289. The molecule has 0 spiro atoms. The monoisotopic (exact) mass is 390 g/mol. The Hall–Kier alpha value is -2.85. The van der Waals surface area contributed by atoms with Crippen molar-refractivity contribution in [3.8, 4) is 6.07 Å². The minimum absolute atomic E-state index is 0.133. The Morgan fingerprint density at radius 2 is 1.89 bits per heavy atom. The summed E-state index contributed by atoms with van der Waals surface area (Å²) in [6, 6.07) is 7.46. The van der Waals surface area contributed by atoms with Gasteiger partial charge in [0.15, 0.2) is 0 Å². The van der Waals surface area contributed by atoms with E-state index in [2.05, 4.69) is 10.6 Å². The quantitative estimate of drug-likeness (QED) is 0.394. The number of hydrogen-bond acceptors (Lipinski definition) is 6. The van der Waals surface area contributed by atoms with E-state index in [9.17, 15) is 4.79 Å². The van der Waals surface area contributed by atoms with Crippen LogP contribution in [0.4, 0.5) is 5.69 Å². The van der Waals surface area contributed by atoms with E-state index in [1.165, 1.54) is 31.4 Å². The smallest absolute Gasteiger partial charge is 0.267 e. The third-order valence-corrected chi connectivity index (χ3v) is 4.35. The van der Waals surface area contributed by atoms with Gasteiger partial charge in [-0.2, -0.15) is 5.26 Å². The Kier molecular flexibility index (Phi) is 9.62. The van der Waals surface area contributed by atoms with Gasteiger partial charge in [-0.3, -0.25) is 4.79 Å². The Bertz CT molecular complexity index is 728. The molecule has 0 atom stereocenters. The molecule has 2 rings (SSSR count). The molecule has 0 aliphatic heterocycles. The van der Waals surface area contributed by atoms with Crippen molar-refractivity contribution in [2.24, 2.45) is 17.2 Å². The second-order valence-electron chi connectivity index (χ2n) is 6.15. The van der Waals surface area contributed by atoms with Crippen LogP contribution in [0.1, 0.15) is 37.7 Å². The van der Waals surface area contributed by atoms with E-state index in [1.807, 2.05) is 12.1 Å². The fourth-order valence-electron chi connectivity index (χ4n) is 2.54. The number of halogens is 1. The minimum Gasteiger partial charge on any atom is -0.394 e. The molecule has 1 fully saturated rings. The number of rotatable bonds is 4. The highest BCUT2D eigenvalue weighted by molar-refractivity contribution is 6.32. The molecule has 0 radical (unpaired) electrons. The van der Waals surface area contributed by atoms with E-state index >= 15 is 0 Å². The Labute approximate surface area is 165 Å². The SMILES string of the molecule is CNc1ccc(C#N)c(Cl)c1.NC(N)=C/C=C(\N)C(=O)NC1CCCCC1. The number of nitrogens with one attached hydrogen (secondary N) is 2. The topological polar surface area (TPSA) is 143 Å². The maximum absolute atomic E-state index is 11.6. The number of nitrogens with two attached hydrogens (primary N) is 3. The van der Waals surface area contributed by atoms with E-state index in [1.54, 1.807) is 19.2 Å². The van der Waals surface area contributed by atoms with Crippen molar-refractivity contribution in [3.05, 3.63) is 52.5 Å². The molecular weight excluding hydrogens is 364 g/mol. The summed E-state index contributed by atoms with van der Waals surface area (Å²) in [5, 5.41) is 14.8. The molecule has 1 aromatic rings. The summed E-state index contributed by atoms with van der Waals surface area (Å²) >= 11 is 5.75. The standard InChI is InChI=1S/C11H20N4O.C8H7ClN2/c12-9(6-7-10(13)14)11(16)15-8-4-2-1-3-5-8;1-11-7-3-2-6(5-10)8(9)4-7/h6-8H,1-5,12-14H2,(H,15,16);2-4,11H,1H3/b9-6-;. The maximum atomic E-state index is 11.6. The highest BCUT2D eigenvalue weighted by Crippen LogP contribution is 2.19. The number of carbonyl (C=O) groups is 1. The third kappa shape index (κ3) is 8.38. The van der Waals surface area contributed by atoms with E-state index in [0.29, 0.717) is 10.6 Å². The van der Waals surface area contributed by atoms with Crippen molar-refractivity contribution in [2.75, 3.05) is 12.4 Å². The lowest BCUT2D eigenvalue weighted by molar-refractivity contribution is -0.118. The van der Waals surface area contributed by atoms with Gasteiger partial charge in [-0.25, -0.2) is 0 Å². The van der Waals surface area contributed by atoms with Gasteiger partial charge in [-0.05, 0) is 43.2 Å². The largest absolute Gasteiger partial charge is 0.394 e. The maximum Gasteiger partial charge on any atom is 0.267 e. The number of nitrogens with zero attached hydrogens (tertiary/aromatic N) is 1. The van der Waals surface area contributed by atoms with Gasteiger partial charge in [0.2, 0.25) is 0 Å². The molecular formula is C19H27ClN6O. The van der Waals surface area contributed by atoms with Gasteiger partial charge in [0.05, 0.1) is 22.1 Å². The van der Waals surface area contributed by atoms with Crippen molar-refractivity contribution in [1.29, 1.82) is 5.26 Å². The number of allylic oxidation sites excluding steroid dienone is 2. The summed E-state index contributed by atoms with van der Waals surface area (Å²) < 4.78 is 0. The van der Waals surface area contributed by atoms with Gasteiger partial charge in [0, 0.05) is 18.8 Å². The van der Waals surface area contributed by atoms with Gasteiger partial charge in [-0.1, -0.05) is 30.9 Å². The Morgan fingerprint density at radius 3 is 2.41 bits per heavy atom. The van der Waals surface area contributed by atoms with Gasteiger partial charge in [-0.15, -0.1) is 0 Å². The van der Waals surface area contributed by atoms with Gasteiger partial charge in [0.25, 0.3) is 5.91 Å². The normalized spacial score (nSPS) is 14.2. The van der Waals surface area contributed by atoms with Crippen LogP contribution in [0.25, 0.3) is 0 Å². The molecule has 8 N–H and O–H groups in total. The molecule has 7 nitrogen and oxygen atoms in total. The van der Waals surface area contributed by atoms with Gasteiger partial charge in [0.1, 0.15) is 6.07 Å². The molecule has 27 heavy (non-hydrogen) atoms. The number of benzene rings is 1. The molecule has 0 bridgehead atoms. The first-order valence-corrected chi connectivity index (χ1v) is 9.11. The van der Waals surface area contributed by atoms with Crippen molar-refractivity contribution in [2.45, 2.75) is 38.1 Å². The molecule has 1 amide bonds. The first kappa shape index (κ1) is 22.2. The van der Waals surface area contributed by atoms with Crippen LogP contribution in [-0.4, -0.2) is 19.0 Å². The zero-order valence-electron chi connectivity index (χ0n) is 15.5. The molecule has 1 aliphatic rings. The van der Waals surface area contributed by atoms with Crippen LogP contribution >= 0.6 is 11.6 Å². The minimum atomic E-state index is -0.246. The lowest BCUT2D eigenvalue weighted by Crippen LogP contribution is -2.38. The molecule has 0 aromatic heterocycles. The van der Waals surface area contributed by atoms with Crippen LogP contribution in [0.2, 0.25) is 5.02 Å². The van der Waals surface area contributed by atoms with Crippen molar-refractivity contribution >= 4 is 23.2 Å². The van der Waals surface area contributed by atoms with Gasteiger partial charge >= 0.3 is 0 Å². The summed E-state index contributed by atoms with van der Waals surface area (Å²) in [6.45, 7) is 0. The average Bonchev–Trinajstić information content (AvgIpc) is 2.67. The first-order chi connectivity index (χ1) is 12.9.